The van der Waals surface area contributed by atoms with Crippen LogP contribution in [0.3, 0.4) is 0 Å². The quantitative estimate of drug-likeness (QED) is 0.772. The van der Waals surface area contributed by atoms with Crippen molar-refractivity contribution in [1.29, 1.82) is 0 Å². The molecule has 3 rings (SSSR count). The molecule has 2 aliphatic rings. The molecule has 0 radical (unpaired) electrons. The van der Waals surface area contributed by atoms with Crippen LogP contribution in [0.5, 0.6) is 0 Å². The van der Waals surface area contributed by atoms with E-state index in [9.17, 15) is 4.79 Å². The summed E-state index contributed by atoms with van der Waals surface area (Å²) in [5, 5.41) is 9.12. The van der Waals surface area contributed by atoms with Crippen molar-refractivity contribution in [2.45, 2.75) is 12.8 Å². The van der Waals surface area contributed by atoms with E-state index in [2.05, 4.69) is 48.6 Å². The first kappa shape index (κ1) is 15.5. The van der Waals surface area contributed by atoms with Crippen molar-refractivity contribution in [1.82, 2.24) is 0 Å². The van der Waals surface area contributed by atoms with E-state index in [1.54, 1.807) is 0 Å². The molecule has 0 saturated heterocycles. The Morgan fingerprint density at radius 1 is 1.00 bits per heavy atom. The zero-order chi connectivity index (χ0) is 16.1. The maximum absolute atomic E-state index is 11.1. The lowest BCUT2D eigenvalue weighted by Gasteiger charge is -2.50. The van der Waals surface area contributed by atoms with Crippen molar-refractivity contribution >= 4 is 12.0 Å². The van der Waals surface area contributed by atoms with Gasteiger partial charge in [0.2, 0.25) is 0 Å². The van der Waals surface area contributed by atoms with E-state index in [-0.39, 0.29) is 12.3 Å². The lowest BCUT2D eigenvalue weighted by Crippen LogP contribution is -2.46. The van der Waals surface area contributed by atoms with Crippen LogP contribution in [-0.4, -0.2) is 11.1 Å². The van der Waals surface area contributed by atoms with Crippen molar-refractivity contribution < 1.29 is 9.90 Å². The van der Waals surface area contributed by atoms with E-state index in [4.69, 9.17) is 5.11 Å². The Bertz CT molecular complexity index is 652. The first-order chi connectivity index (χ1) is 11.3. The van der Waals surface area contributed by atoms with Gasteiger partial charge in [0.25, 0.3) is 0 Å². The van der Waals surface area contributed by atoms with Gasteiger partial charge >= 0.3 is 5.97 Å². The van der Waals surface area contributed by atoms with Gasteiger partial charge < -0.3 is 5.11 Å². The average Bonchev–Trinajstić information content (AvgIpc) is 2.57. The van der Waals surface area contributed by atoms with Gasteiger partial charge in [-0.25, -0.2) is 0 Å². The van der Waals surface area contributed by atoms with Crippen LogP contribution >= 0.6 is 0 Å². The highest BCUT2D eigenvalue weighted by Gasteiger charge is 2.47. The second-order valence-electron chi connectivity index (χ2n) is 6.28. The highest BCUT2D eigenvalue weighted by molar-refractivity contribution is 5.67. The highest BCUT2D eigenvalue weighted by Crippen LogP contribution is 2.52. The molecule has 1 N–H and O–H groups in total. The molecule has 0 heterocycles. The third kappa shape index (κ3) is 3.70. The first-order valence-corrected chi connectivity index (χ1v) is 8.21. The molecule has 23 heavy (non-hydrogen) atoms. The molecule has 118 valence electrons. The normalized spacial score (nSPS) is 28.9. The van der Waals surface area contributed by atoms with Crippen LogP contribution in [-0.2, 0) is 4.79 Å². The van der Waals surface area contributed by atoms with Crippen LogP contribution in [0.15, 0.2) is 72.9 Å². The summed E-state index contributed by atoms with van der Waals surface area (Å²) >= 11 is 0. The van der Waals surface area contributed by atoms with Crippen LogP contribution in [0, 0.1) is 23.7 Å². The van der Waals surface area contributed by atoms with Crippen LogP contribution in [0.1, 0.15) is 18.4 Å². The first-order valence-electron chi connectivity index (χ1n) is 8.21. The van der Waals surface area contributed by atoms with Crippen LogP contribution in [0.25, 0.3) is 6.08 Å². The molecule has 4 atom stereocenters. The Labute approximate surface area is 137 Å². The number of allylic oxidation sites excluding steroid dienone is 7. The molecule has 1 aromatic rings. The van der Waals surface area contributed by atoms with E-state index < -0.39 is 5.97 Å². The van der Waals surface area contributed by atoms with Crippen molar-refractivity contribution in [3.8, 4) is 0 Å². The Kier molecular flexibility index (Phi) is 4.92. The molecule has 2 heteroatoms. The smallest absolute Gasteiger partial charge is 0.303 e. The maximum atomic E-state index is 11.1. The van der Waals surface area contributed by atoms with E-state index >= 15 is 0 Å². The lowest BCUT2D eigenvalue weighted by molar-refractivity contribution is -0.141. The number of carboxylic acids is 1. The van der Waals surface area contributed by atoms with Gasteiger partial charge in [0.1, 0.15) is 0 Å². The van der Waals surface area contributed by atoms with Gasteiger partial charge in [-0.1, -0.05) is 78.9 Å². The summed E-state index contributed by atoms with van der Waals surface area (Å²) in [4.78, 5) is 11.1. The molecule has 0 aliphatic heterocycles. The van der Waals surface area contributed by atoms with Gasteiger partial charge in [0.15, 0.2) is 0 Å². The fourth-order valence-corrected chi connectivity index (χ4v) is 3.79. The number of rotatable bonds is 6. The molecule has 2 nitrogen and oxygen atoms in total. The molecular weight excluding hydrogens is 284 g/mol. The average molecular weight is 306 g/mol. The largest absolute Gasteiger partial charge is 0.481 e. The Balaban J connectivity index is 1.56. The van der Waals surface area contributed by atoms with Gasteiger partial charge in [0, 0.05) is 6.42 Å². The molecule has 2 aliphatic carbocycles. The molecular formula is C21H22O2. The fraction of sp³-hybridized carbons (Fsp3) is 0.286. The molecule has 1 aromatic carbocycles. The fourth-order valence-electron chi connectivity index (χ4n) is 3.79. The Morgan fingerprint density at radius 2 is 1.70 bits per heavy atom. The third-order valence-electron chi connectivity index (χ3n) is 4.91. The zero-order valence-corrected chi connectivity index (χ0v) is 13.1. The van der Waals surface area contributed by atoms with E-state index in [1.165, 1.54) is 5.56 Å². The number of benzene rings is 1. The van der Waals surface area contributed by atoms with Crippen molar-refractivity contribution in [3.63, 3.8) is 0 Å². The van der Waals surface area contributed by atoms with Gasteiger partial charge in [-0.05, 0) is 35.7 Å². The summed E-state index contributed by atoms with van der Waals surface area (Å²) in [7, 11) is 0. The molecule has 0 spiro atoms. The molecule has 0 aromatic heterocycles. The molecule has 0 bridgehead atoms. The zero-order valence-electron chi connectivity index (χ0n) is 13.1. The predicted molar refractivity (Wildman–Crippen MR) is 93.7 cm³/mol. The van der Waals surface area contributed by atoms with Gasteiger partial charge in [-0.15, -0.1) is 0 Å². The van der Waals surface area contributed by atoms with Crippen LogP contribution in [0.4, 0.5) is 0 Å². The number of fused-ring (bicyclic) bond motifs is 1. The van der Waals surface area contributed by atoms with Crippen molar-refractivity contribution in [3.05, 3.63) is 78.4 Å². The number of aliphatic carboxylic acids is 1. The number of hydrogen-bond acceptors (Lipinski definition) is 1. The van der Waals surface area contributed by atoms with Crippen molar-refractivity contribution in [2.24, 2.45) is 23.7 Å². The van der Waals surface area contributed by atoms with E-state index in [1.807, 2.05) is 30.4 Å². The van der Waals surface area contributed by atoms with Gasteiger partial charge in [-0.2, -0.15) is 0 Å². The summed E-state index contributed by atoms with van der Waals surface area (Å²) in [6.45, 7) is 0. The minimum Gasteiger partial charge on any atom is -0.481 e. The Morgan fingerprint density at radius 3 is 2.39 bits per heavy atom. The Hall–Kier alpha value is -2.35. The lowest BCUT2D eigenvalue weighted by atomic mass is 9.53. The summed E-state index contributed by atoms with van der Waals surface area (Å²) in [5.41, 5.74) is 1.19. The standard InChI is InChI=1S/C21H22O2/c22-21(23)15-20-18(17-13-7-8-14-19(17)20)12-6-2-5-11-16-9-3-1-4-10-16/h1-11,13-14,17-20H,12,15H2,(H,22,23)/b6-2+,11-5+/t17-,18+,19-,20-/m0/s1. The number of carbonyl (C=O) groups is 1. The minimum absolute atomic E-state index is 0.265. The monoisotopic (exact) mass is 306 g/mol. The molecule has 1 fully saturated rings. The predicted octanol–water partition coefficient (Wildman–Crippen LogP) is 4.73. The van der Waals surface area contributed by atoms with Gasteiger partial charge in [0.05, 0.1) is 0 Å². The second kappa shape index (κ2) is 7.28. The van der Waals surface area contributed by atoms with E-state index in [0.29, 0.717) is 17.8 Å². The SMILES string of the molecule is O=C(O)C[C@@H]1[C@H]2C=CC=C[C@H]2[C@H]1C/C=C/C=C/c1ccccc1. The molecule has 0 unspecified atom stereocenters. The maximum Gasteiger partial charge on any atom is 0.303 e. The summed E-state index contributed by atoms with van der Waals surface area (Å²) in [6, 6.07) is 10.2. The summed E-state index contributed by atoms with van der Waals surface area (Å²) in [6.07, 6.45) is 18.1. The molecule has 0 amide bonds. The minimum atomic E-state index is -0.686. The topological polar surface area (TPSA) is 37.3 Å². The molecule has 1 saturated carbocycles. The number of carboxylic acid groups (broad SMARTS) is 1. The summed E-state index contributed by atoms with van der Waals surface area (Å²) in [5.74, 6) is 0.941. The second-order valence-corrected chi connectivity index (χ2v) is 6.28. The third-order valence-corrected chi connectivity index (χ3v) is 4.91. The number of hydrogen-bond donors (Lipinski definition) is 1. The summed E-state index contributed by atoms with van der Waals surface area (Å²) < 4.78 is 0. The van der Waals surface area contributed by atoms with Crippen LogP contribution < -0.4 is 0 Å². The van der Waals surface area contributed by atoms with Gasteiger partial charge in [-0.3, -0.25) is 4.79 Å². The highest BCUT2D eigenvalue weighted by atomic mass is 16.4. The van der Waals surface area contributed by atoms with E-state index in [0.717, 1.165) is 6.42 Å². The van der Waals surface area contributed by atoms with Crippen molar-refractivity contribution in [2.75, 3.05) is 0 Å². The van der Waals surface area contributed by atoms with Crippen LogP contribution in [0.2, 0.25) is 0 Å².